The Balaban J connectivity index is 1.55. The number of carbonyl (C=O) groups excluding carboxylic acids is 1. The topological polar surface area (TPSA) is 75.9 Å². The van der Waals surface area contributed by atoms with Crippen LogP contribution in [0.2, 0.25) is 0 Å². The third-order valence-electron chi connectivity index (χ3n) is 5.03. The van der Waals surface area contributed by atoms with Crippen LogP contribution in [0.25, 0.3) is 22.5 Å². The van der Waals surface area contributed by atoms with Gasteiger partial charge in [0.05, 0.1) is 0 Å². The second-order valence-corrected chi connectivity index (χ2v) is 7.81. The monoisotopic (exact) mass is 390 g/mol. The van der Waals surface area contributed by atoms with E-state index in [1.54, 1.807) is 24.8 Å². The third-order valence-corrected chi connectivity index (χ3v) is 5.03. The van der Waals surface area contributed by atoms with Crippen LogP contribution in [-0.2, 0) is 6.54 Å². The predicted molar refractivity (Wildman–Crippen MR) is 112 cm³/mol. The molecule has 1 aliphatic carbocycles. The SMILES string of the molecule is CN(C)CCNC(=O)c1cc(-c2cnc(-c3cccnc3)nc2)cn1CC1CC1. The van der Waals surface area contributed by atoms with Crippen molar-refractivity contribution in [2.24, 2.45) is 5.92 Å². The minimum Gasteiger partial charge on any atom is -0.349 e. The van der Waals surface area contributed by atoms with E-state index in [0.717, 1.165) is 29.8 Å². The van der Waals surface area contributed by atoms with Crippen molar-refractivity contribution in [2.75, 3.05) is 27.2 Å². The summed E-state index contributed by atoms with van der Waals surface area (Å²) in [6, 6.07) is 5.74. The molecule has 1 N–H and O–H groups in total. The number of nitrogens with one attached hydrogen (secondary N) is 1. The van der Waals surface area contributed by atoms with Crippen molar-refractivity contribution in [3.8, 4) is 22.5 Å². The van der Waals surface area contributed by atoms with Crippen LogP contribution in [0.5, 0.6) is 0 Å². The lowest BCUT2D eigenvalue weighted by atomic mass is 10.1. The van der Waals surface area contributed by atoms with E-state index in [4.69, 9.17) is 0 Å². The van der Waals surface area contributed by atoms with Crippen LogP contribution in [0, 0.1) is 5.92 Å². The zero-order valence-corrected chi connectivity index (χ0v) is 16.9. The third kappa shape index (κ3) is 4.86. The first kappa shape index (κ1) is 19.3. The Bertz CT molecular complexity index is 961. The Hall–Kier alpha value is -3.06. The normalized spacial score (nSPS) is 13.6. The summed E-state index contributed by atoms with van der Waals surface area (Å²) in [4.78, 5) is 27.9. The van der Waals surface area contributed by atoms with Gasteiger partial charge in [0.15, 0.2) is 5.82 Å². The molecule has 29 heavy (non-hydrogen) atoms. The van der Waals surface area contributed by atoms with Gasteiger partial charge in [-0.25, -0.2) is 9.97 Å². The van der Waals surface area contributed by atoms with Gasteiger partial charge in [-0.05, 0) is 51.1 Å². The molecule has 1 fully saturated rings. The summed E-state index contributed by atoms with van der Waals surface area (Å²) < 4.78 is 2.08. The second kappa shape index (κ2) is 8.53. The van der Waals surface area contributed by atoms with E-state index in [-0.39, 0.29) is 5.91 Å². The van der Waals surface area contributed by atoms with Crippen molar-refractivity contribution in [3.63, 3.8) is 0 Å². The zero-order valence-electron chi connectivity index (χ0n) is 16.9. The summed E-state index contributed by atoms with van der Waals surface area (Å²) in [7, 11) is 3.99. The Morgan fingerprint density at radius 3 is 2.62 bits per heavy atom. The van der Waals surface area contributed by atoms with Crippen LogP contribution >= 0.6 is 0 Å². The average Bonchev–Trinajstić information content (AvgIpc) is 3.45. The number of hydrogen-bond acceptors (Lipinski definition) is 5. The number of nitrogens with zero attached hydrogens (tertiary/aromatic N) is 5. The van der Waals surface area contributed by atoms with Gasteiger partial charge in [0.25, 0.3) is 5.91 Å². The van der Waals surface area contributed by atoms with Gasteiger partial charge < -0.3 is 14.8 Å². The molecule has 0 spiro atoms. The molecule has 0 bridgehead atoms. The number of hydrogen-bond donors (Lipinski definition) is 1. The Morgan fingerprint density at radius 2 is 1.97 bits per heavy atom. The van der Waals surface area contributed by atoms with Crippen molar-refractivity contribution in [2.45, 2.75) is 19.4 Å². The molecule has 0 aliphatic heterocycles. The van der Waals surface area contributed by atoms with Crippen molar-refractivity contribution >= 4 is 5.91 Å². The minimum atomic E-state index is -0.0355. The lowest BCUT2D eigenvalue weighted by Crippen LogP contribution is -2.32. The van der Waals surface area contributed by atoms with E-state index in [9.17, 15) is 4.79 Å². The highest BCUT2D eigenvalue weighted by Crippen LogP contribution is 2.32. The lowest BCUT2D eigenvalue weighted by molar-refractivity contribution is 0.0941. The molecule has 4 rings (SSSR count). The van der Waals surface area contributed by atoms with Crippen LogP contribution in [-0.4, -0.2) is 57.5 Å². The fourth-order valence-electron chi connectivity index (χ4n) is 3.19. The number of carbonyl (C=O) groups is 1. The smallest absolute Gasteiger partial charge is 0.267 e. The molecular weight excluding hydrogens is 364 g/mol. The first-order valence-electron chi connectivity index (χ1n) is 9.96. The molecular formula is C22H26N6O. The fraction of sp³-hybridized carbons (Fsp3) is 0.364. The highest BCUT2D eigenvalue weighted by Gasteiger charge is 2.24. The molecule has 0 aromatic carbocycles. The van der Waals surface area contributed by atoms with Crippen molar-refractivity contribution in [3.05, 3.63) is 54.9 Å². The molecule has 0 radical (unpaired) electrons. The first-order chi connectivity index (χ1) is 14.1. The van der Waals surface area contributed by atoms with E-state index < -0.39 is 0 Å². The highest BCUT2D eigenvalue weighted by molar-refractivity contribution is 5.94. The van der Waals surface area contributed by atoms with E-state index >= 15 is 0 Å². The number of pyridine rings is 1. The van der Waals surface area contributed by atoms with Crippen molar-refractivity contribution < 1.29 is 4.79 Å². The Kier molecular flexibility index (Phi) is 5.67. The summed E-state index contributed by atoms with van der Waals surface area (Å²) >= 11 is 0. The largest absolute Gasteiger partial charge is 0.349 e. The number of amides is 1. The van der Waals surface area contributed by atoms with Crippen molar-refractivity contribution in [1.82, 2.24) is 29.7 Å². The van der Waals surface area contributed by atoms with Crippen LogP contribution in [0.4, 0.5) is 0 Å². The lowest BCUT2D eigenvalue weighted by Gasteiger charge is -2.12. The van der Waals surface area contributed by atoms with E-state index in [1.165, 1.54) is 12.8 Å². The molecule has 150 valence electrons. The standard InChI is InChI=1S/C22H26N6O/c1-27(2)9-8-24-22(29)20-10-18(15-28(20)14-16-5-6-16)19-12-25-21(26-13-19)17-4-3-7-23-11-17/h3-4,7,10-13,15-16H,5-6,8-9,14H2,1-2H3,(H,24,29). The maximum absolute atomic E-state index is 12.7. The quantitative estimate of drug-likeness (QED) is 0.640. The molecule has 0 atom stereocenters. The van der Waals surface area contributed by atoms with Gasteiger partial charge in [-0.15, -0.1) is 0 Å². The maximum atomic E-state index is 12.7. The van der Waals surface area contributed by atoms with Gasteiger partial charge >= 0.3 is 0 Å². The minimum absolute atomic E-state index is 0.0355. The van der Waals surface area contributed by atoms with Gasteiger partial charge in [0, 0.05) is 67.3 Å². The predicted octanol–water partition coefficient (Wildman–Crippen LogP) is 2.71. The molecule has 1 amide bonds. The molecule has 7 nitrogen and oxygen atoms in total. The summed E-state index contributed by atoms with van der Waals surface area (Å²) in [5, 5.41) is 3.02. The van der Waals surface area contributed by atoms with Crippen LogP contribution < -0.4 is 5.32 Å². The van der Waals surface area contributed by atoms with E-state index in [2.05, 4.69) is 29.7 Å². The van der Waals surface area contributed by atoms with Crippen molar-refractivity contribution in [1.29, 1.82) is 0 Å². The van der Waals surface area contributed by atoms with Gasteiger partial charge in [-0.2, -0.15) is 0 Å². The van der Waals surface area contributed by atoms with Gasteiger partial charge in [-0.3, -0.25) is 9.78 Å². The zero-order chi connectivity index (χ0) is 20.2. The Morgan fingerprint density at radius 1 is 1.17 bits per heavy atom. The number of likely N-dealkylation sites (N-methyl/N-ethyl adjacent to an activating group) is 1. The summed E-state index contributed by atoms with van der Waals surface area (Å²) in [6.45, 7) is 2.31. The van der Waals surface area contributed by atoms with E-state index in [0.29, 0.717) is 24.0 Å². The molecule has 3 aromatic heterocycles. The van der Waals surface area contributed by atoms with Crippen LogP contribution in [0.1, 0.15) is 23.3 Å². The second-order valence-electron chi connectivity index (χ2n) is 7.81. The number of aromatic nitrogens is 4. The summed E-state index contributed by atoms with van der Waals surface area (Å²) in [5.41, 5.74) is 3.43. The van der Waals surface area contributed by atoms with Gasteiger partial charge in [0.1, 0.15) is 5.69 Å². The van der Waals surface area contributed by atoms with Gasteiger partial charge in [0.2, 0.25) is 0 Å². The van der Waals surface area contributed by atoms with Gasteiger partial charge in [-0.1, -0.05) is 0 Å². The first-order valence-corrected chi connectivity index (χ1v) is 9.96. The highest BCUT2D eigenvalue weighted by atomic mass is 16.1. The average molecular weight is 390 g/mol. The molecule has 0 saturated heterocycles. The molecule has 0 unspecified atom stereocenters. The molecule has 3 heterocycles. The molecule has 1 aliphatic rings. The maximum Gasteiger partial charge on any atom is 0.267 e. The van der Waals surface area contributed by atoms with Crippen LogP contribution in [0.3, 0.4) is 0 Å². The fourth-order valence-corrected chi connectivity index (χ4v) is 3.19. The van der Waals surface area contributed by atoms with E-state index in [1.807, 2.05) is 38.5 Å². The number of rotatable bonds is 8. The van der Waals surface area contributed by atoms with Crippen LogP contribution in [0.15, 0.2) is 49.2 Å². The molecule has 3 aromatic rings. The molecule has 1 saturated carbocycles. The summed E-state index contributed by atoms with van der Waals surface area (Å²) in [6.07, 6.45) is 11.6. The molecule has 7 heteroatoms. The summed E-state index contributed by atoms with van der Waals surface area (Å²) in [5.74, 6) is 1.28. The Labute approximate surface area is 170 Å².